The third kappa shape index (κ3) is 3.59. The molecule has 0 bridgehead atoms. The summed E-state index contributed by atoms with van der Waals surface area (Å²) in [5, 5.41) is 1.45. The van der Waals surface area contributed by atoms with Crippen LogP contribution >= 0.6 is 11.6 Å². The molecule has 0 amide bonds. The van der Waals surface area contributed by atoms with Crippen LogP contribution in [0.4, 0.5) is 0 Å². The highest BCUT2D eigenvalue weighted by molar-refractivity contribution is 6.32. The van der Waals surface area contributed by atoms with Crippen LogP contribution in [0.25, 0.3) is 21.9 Å². The molecule has 0 N–H and O–H groups in total. The minimum absolute atomic E-state index is 0.0499. The number of hydrogen-bond donors (Lipinski definition) is 0. The summed E-state index contributed by atoms with van der Waals surface area (Å²) in [7, 11) is 0. The van der Waals surface area contributed by atoms with E-state index in [0.717, 1.165) is 28.4 Å². The van der Waals surface area contributed by atoms with Crippen molar-refractivity contribution in [2.45, 2.75) is 40.0 Å². The highest BCUT2D eigenvalue weighted by atomic mass is 35.5. The first-order valence-electron chi connectivity index (χ1n) is 9.88. The second-order valence-corrected chi connectivity index (χ2v) is 7.56. The van der Waals surface area contributed by atoms with E-state index < -0.39 is 5.97 Å². The number of esters is 1. The zero-order valence-corrected chi connectivity index (χ0v) is 17.6. The Morgan fingerprint density at radius 2 is 1.73 bits per heavy atom. The number of carbonyl (C=O) groups excluding carboxylic acids is 1. The van der Waals surface area contributed by atoms with E-state index in [2.05, 4.69) is 4.98 Å². The molecule has 0 saturated carbocycles. The summed E-state index contributed by atoms with van der Waals surface area (Å²) in [6.07, 6.45) is 0.823. The molecular weight excluding hydrogens is 402 g/mol. The Morgan fingerprint density at radius 3 is 2.47 bits per heavy atom. The third-order valence-corrected chi connectivity index (χ3v) is 5.68. The predicted molar refractivity (Wildman–Crippen MR) is 118 cm³/mol. The number of fused-ring (bicyclic) bond motifs is 2. The van der Waals surface area contributed by atoms with Gasteiger partial charge in [0.15, 0.2) is 0 Å². The van der Waals surface area contributed by atoms with E-state index in [-0.39, 0.29) is 18.8 Å². The lowest BCUT2D eigenvalue weighted by atomic mass is 10.1. The van der Waals surface area contributed by atoms with E-state index in [1.54, 1.807) is 4.57 Å². The van der Waals surface area contributed by atoms with Gasteiger partial charge in [0.1, 0.15) is 13.2 Å². The van der Waals surface area contributed by atoms with Crippen LogP contribution in [0.2, 0.25) is 5.02 Å². The van der Waals surface area contributed by atoms with Gasteiger partial charge in [0.25, 0.3) is 0 Å². The van der Waals surface area contributed by atoms with E-state index in [1.807, 2.05) is 62.4 Å². The summed E-state index contributed by atoms with van der Waals surface area (Å²) < 4.78 is 8.58. The van der Waals surface area contributed by atoms with E-state index in [1.165, 1.54) is 4.57 Å². The van der Waals surface area contributed by atoms with Gasteiger partial charge in [-0.1, -0.05) is 48.9 Å². The second-order valence-electron chi connectivity index (χ2n) is 7.18. The lowest BCUT2D eigenvalue weighted by Gasteiger charge is -2.11. The molecule has 0 aliphatic carbocycles. The van der Waals surface area contributed by atoms with Gasteiger partial charge >= 0.3 is 11.7 Å². The van der Waals surface area contributed by atoms with Crippen LogP contribution in [0.15, 0.2) is 53.3 Å². The first kappa shape index (κ1) is 20.2. The molecule has 0 saturated heterocycles. The lowest BCUT2D eigenvalue weighted by Crippen LogP contribution is -2.27. The van der Waals surface area contributed by atoms with Crippen LogP contribution in [0, 0.1) is 6.92 Å². The number of para-hydroxylation sites is 3. The average Bonchev–Trinajstić information content (AvgIpc) is 3.01. The van der Waals surface area contributed by atoms with Crippen molar-refractivity contribution in [2.75, 3.05) is 0 Å². The summed E-state index contributed by atoms with van der Waals surface area (Å²) >= 11 is 6.44. The molecule has 0 radical (unpaired) electrons. The second kappa shape index (κ2) is 8.32. The van der Waals surface area contributed by atoms with E-state index in [4.69, 9.17) is 16.3 Å². The molecule has 0 unspecified atom stereocenters. The molecule has 0 aliphatic heterocycles. The fourth-order valence-electron chi connectivity index (χ4n) is 3.70. The molecule has 30 heavy (non-hydrogen) atoms. The number of nitrogens with zero attached hydrogens (tertiary/aromatic N) is 3. The van der Waals surface area contributed by atoms with Crippen molar-refractivity contribution >= 4 is 39.5 Å². The Hall–Kier alpha value is -3.12. The van der Waals surface area contributed by atoms with Crippen molar-refractivity contribution in [3.63, 3.8) is 0 Å². The summed E-state index contributed by atoms with van der Waals surface area (Å²) in [4.78, 5) is 29.9. The summed E-state index contributed by atoms with van der Waals surface area (Å²) in [5.74, 6) is -0.514. The average molecular weight is 424 g/mol. The molecule has 7 heteroatoms. The standard InChI is InChI=1S/C23H22ClN3O3/c1-3-12-26-19-10-6-7-11-20(19)27(23(26)29)13-21(28)30-14-18-22(24)15(2)16-8-4-5-9-17(16)25-18/h4-11H,3,12-14H2,1-2H3. The fraction of sp³-hybridized carbons (Fsp3) is 0.261. The predicted octanol–water partition coefficient (Wildman–Crippen LogP) is 4.47. The molecule has 0 aliphatic rings. The molecule has 2 aromatic heterocycles. The molecule has 0 fully saturated rings. The topological polar surface area (TPSA) is 66.1 Å². The molecule has 4 aromatic rings. The van der Waals surface area contributed by atoms with Gasteiger partial charge in [0, 0.05) is 11.9 Å². The van der Waals surface area contributed by atoms with Crippen LogP contribution in [0.3, 0.4) is 0 Å². The Morgan fingerprint density at radius 1 is 1.07 bits per heavy atom. The quantitative estimate of drug-likeness (QED) is 0.429. The number of benzene rings is 2. The number of rotatable bonds is 6. The van der Waals surface area contributed by atoms with Gasteiger partial charge in [-0.15, -0.1) is 0 Å². The molecule has 154 valence electrons. The number of carbonyl (C=O) groups is 1. The summed E-state index contributed by atoms with van der Waals surface area (Å²) in [5.41, 5.74) is 3.50. The molecule has 0 spiro atoms. The van der Waals surface area contributed by atoms with Crippen molar-refractivity contribution in [3.05, 3.63) is 75.3 Å². The number of aromatic nitrogens is 3. The van der Waals surface area contributed by atoms with Crippen LogP contribution in [-0.2, 0) is 29.2 Å². The fourth-order valence-corrected chi connectivity index (χ4v) is 3.90. The van der Waals surface area contributed by atoms with Gasteiger partial charge < -0.3 is 4.74 Å². The SMILES string of the molecule is CCCn1c(=O)n(CC(=O)OCc2nc3ccccc3c(C)c2Cl)c2ccccc21. The van der Waals surface area contributed by atoms with Crippen molar-refractivity contribution < 1.29 is 9.53 Å². The molecular formula is C23H22ClN3O3. The van der Waals surface area contributed by atoms with Gasteiger partial charge in [-0.25, -0.2) is 9.78 Å². The normalized spacial score (nSPS) is 11.3. The van der Waals surface area contributed by atoms with Gasteiger partial charge in [0.2, 0.25) is 0 Å². The molecule has 2 aromatic carbocycles. The number of imidazole rings is 1. The molecule has 4 rings (SSSR count). The van der Waals surface area contributed by atoms with Crippen LogP contribution in [-0.4, -0.2) is 20.1 Å². The number of aryl methyl sites for hydroxylation is 2. The van der Waals surface area contributed by atoms with Crippen LogP contribution in [0.1, 0.15) is 24.6 Å². The van der Waals surface area contributed by atoms with Gasteiger partial charge in [0.05, 0.1) is 27.3 Å². The first-order chi connectivity index (χ1) is 14.5. The number of hydrogen-bond acceptors (Lipinski definition) is 4. The number of ether oxygens (including phenoxy) is 1. The Kier molecular flexibility index (Phi) is 5.59. The Balaban J connectivity index is 1.57. The largest absolute Gasteiger partial charge is 0.458 e. The maximum atomic E-state index is 12.8. The van der Waals surface area contributed by atoms with Gasteiger partial charge in [-0.05, 0) is 37.1 Å². The van der Waals surface area contributed by atoms with Crippen molar-refractivity contribution in [2.24, 2.45) is 0 Å². The van der Waals surface area contributed by atoms with Gasteiger partial charge in [-0.3, -0.25) is 13.9 Å². The van der Waals surface area contributed by atoms with Crippen molar-refractivity contribution in [3.8, 4) is 0 Å². The molecule has 6 nitrogen and oxygen atoms in total. The minimum Gasteiger partial charge on any atom is -0.458 e. The monoisotopic (exact) mass is 423 g/mol. The minimum atomic E-state index is -0.514. The zero-order valence-electron chi connectivity index (χ0n) is 16.9. The Bertz CT molecular complexity index is 1310. The van der Waals surface area contributed by atoms with E-state index >= 15 is 0 Å². The Labute approximate surface area is 178 Å². The third-order valence-electron chi connectivity index (χ3n) is 5.18. The molecule has 0 atom stereocenters. The first-order valence-corrected chi connectivity index (χ1v) is 10.3. The smallest absolute Gasteiger partial charge is 0.329 e. The van der Waals surface area contributed by atoms with E-state index in [0.29, 0.717) is 22.8 Å². The number of pyridine rings is 1. The maximum Gasteiger partial charge on any atom is 0.329 e. The maximum absolute atomic E-state index is 12.8. The van der Waals surface area contributed by atoms with E-state index in [9.17, 15) is 9.59 Å². The van der Waals surface area contributed by atoms with Crippen LogP contribution in [0.5, 0.6) is 0 Å². The summed E-state index contributed by atoms with van der Waals surface area (Å²) in [6.45, 7) is 4.30. The van der Waals surface area contributed by atoms with Crippen LogP contribution < -0.4 is 5.69 Å². The zero-order chi connectivity index (χ0) is 21.3. The number of halogens is 1. The highest BCUT2D eigenvalue weighted by Gasteiger charge is 2.17. The van der Waals surface area contributed by atoms with Crippen molar-refractivity contribution in [1.29, 1.82) is 0 Å². The lowest BCUT2D eigenvalue weighted by molar-refractivity contribution is -0.145. The van der Waals surface area contributed by atoms with Gasteiger partial charge in [-0.2, -0.15) is 0 Å². The molecule has 2 heterocycles. The van der Waals surface area contributed by atoms with Crippen molar-refractivity contribution in [1.82, 2.24) is 14.1 Å². The highest BCUT2D eigenvalue weighted by Crippen LogP contribution is 2.27. The summed E-state index contributed by atoms with van der Waals surface area (Å²) in [6, 6.07) is 15.1.